The van der Waals surface area contributed by atoms with Crippen molar-refractivity contribution in [3.63, 3.8) is 0 Å². The highest BCUT2D eigenvalue weighted by atomic mass is 35.5. The average molecular weight is 499 g/mol. The van der Waals surface area contributed by atoms with Gasteiger partial charge in [-0.1, -0.05) is 55.6 Å². The number of piperidine rings is 1. The first kappa shape index (κ1) is 22.4. The SMILES string of the molecule is CC1CC1COc1cccc(C2(c3ccsc3)CC(=O)C(c3ccccc3Cl)C(=O)N2S)n1. The average Bonchev–Trinajstić information content (AvgIpc) is 3.26. The van der Waals surface area contributed by atoms with Gasteiger partial charge in [-0.05, 0) is 58.3 Å². The van der Waals surface area contributed by atoms with Crippen LogP contribution in [0.25, 0.3) is 0 Å². The van der Waals surface area contributed by atoms with E-state index in [0.29, 0.717) is 40.6 Å². The van der Waals surface area contributed by atoms with Gasteiger partial charge in [-0.25, -0.2) is 4.98 Å². The number of ketones is 1. The number of carbonyl (C=O) groups excluding carboxylic acids is 2. The van der Waals surface area contributed by atoms with Gasteiger partial charge in [0.25, 0.3) is 0 Å². The molecule has 170 valence electrons. The highest BCUT2D eigenvalue weighted by molar-refractivity contribution is 7.78. The quantitative estimate of drug-likeness (QED) is 0.360. The molecule has 3 heterocycles. The molecule has 1 amide bonds. The van der Waals surface area contributed by atoms with E-state index in [0.717, 1.165) is 12.0 Å². The molecule has 4 atom stereocenters. The Morgan fingerprint density at radius 1 is 1.21 bits per heavy atom. The lowest BCUT2D eigenvalue weighted by molar-refractivity contribution is -0.142. The van der Waals surface area contributed by atoms with Crippen LogP contribution < -0.4 is 4.74 Å². The molecule has 33 heavy (non-hydrogen) atoms. The first-order valence-corrected chi connectivity index (χ1v) is 12.6. The summed E-state index contributed by atoms with van der Waals surface area (Å²) in [6, 6.07) is 14.3. The minimum atomic E-state index is -1.14. The summed E-state index contributed by atoms with van der Waals surface area (Å²) < 4.78 is 7.31. The summed E-state index contributed by atoms with van der Waals surface area (Å²) >= 11 is 12.5. The van der Waals surface area contributed by atoms with Gasteiger partial charge in [0.1, 0.15) is 11.5 Å². The fourth-order valence-corrected chi connectivity index (χ4v) is 5.89. The Bertz CT molecular complexity index is 1200. The number of ether oxygens (including phenoxy) is 1. The Morgan fingerprint density at radius 3 is 2.70 bits per heavy atom. The van der Waals surface area contributed by atoms with Crippen LogP contribution in [-0.4, -0.2) is 27.6 Å². The molecule has 0 N–H and O–H groups in total. The molecule has 0 spiro atoms. The summed E-state index contributed by atoms with van der Waals surface area (Å²) in [7, 11) is 0. The number of thiol groups is 1. The van der Waals surface area contributed by atoms with Crippen LogP contribution in [0, 0.1) is 11.8 Å². The number of amides is 1. The second kappa shape index (κ2) is 8.78. The lowest BCUT2D eigenvalue weighted by Crippen LogP contribution is -2.54. The predicted octanol–water partition coefficient (Wildman–Crippen LogP) is 5.50. The van der Waals surface area contributed by atoms with Gasteiger partial charge in [0.15, 0.2) is 5.78 Å². The van der Waals surface area contributed by atoms with Crippen LogP contribution in [0.1, 0.15) is 42.5 Å². The van der Waals surface area contributed by atoms with Crippen molar-refractivity contribution in [2.45, 2.75) is 31.2 Å². The summed E-state index contributed by atoms with van der Waals surface area (Å²) in [5.41, 5.74) is 0.705. The highest BCUT2D eigenvalue weighted by Crippen LogP contribution is 2.48. The molecular formula is C25H23ClN2O3S2. The molecule has 2 aromatic heterocycles. The highest BCUT2D eigenvalue weighted by Gasteiger charge is 2.53. The van der Waals surface area contributed by atoms with E-state index >= 15 is 0 Å². The Kier molecular flexibility index (Phi) is 5.97. The third-order valence-corrected chi connectivity index (χ3v) is 8.22. The number of hydrogen-bond acceptors (Lipinski definition) is 6. The maximum absolute atomic E-state index is 13.6. The normalized spacial score (nSPS) is 27.0. The third kappa shape index (κ3) is 3.96. The Balaban J connectivity index is 1.55. The van der Waals surface area contributed by atoms with Crippen LogP contribution >= 0.6 is 35.8 Å². The second-order valence-electron chi connectivity index (χ2n) is 8.77. The van der Waals surface area contributed by atoms with E-state index < -0.39 is 17.4 Å². The summed E-state index contributed by atoms with van der Waals surface area (Å²) in [4.78, 5) is 31.9. The molecule has 1 aliphatic heterocycles. The van der Waals surface area contributed by atoms with Gasteiger partial charge in [-0.2, -0.15) is 11.3 Å². The molecule has 5 nitrogen and oxygen atoms in total. The van der Waals surface area contributed by atoms with Gasteiger partial charge >= 0.3 is 0 Å². The Labute approximate surface area is 207 Å². The van der Waals surface area contributed by atoms with Gasteiger partial charge in [0, 0.05) is 17.5 Å². The maximum atomic E-state index is 13.6. The van der Waals surface area contributed by atoms with Crippen molar-refractivity contribution < 1.29 is 14.3 Å². The number of nitrogens with zero attached hydrogens (tertiary/aromatic N) is 2. The lowest BCUT2D eigenvalue weighted by atomic mass is 9.75. The summed E-state index contributed by atoms with van der Waals surface area (Å²) in [5.74, 6) is 0.0682. The van der Waals surface area contributed by atoms with Crippen molar-refractivity contribution >= 4 is 47.4 Å². The zero-order valence-electron chi connectivity index (χ0n) is 18.0. The fourth-order valence-electron chi connectivity index (χ4n) is 4.51. The van der Waals surface area contributed by atoms with Crippen molar-refractivity contribution in [3.05, 3.63) is 81.1 Å². The van der Waals surface area contributed by atoms with Gasteiger partial charge < -0.3 is 4.74 Å². The van der Waals surface area contributed by atoms with Crippen LogP contribution in [0.5, 0.6) is 5.88 Å². The molecule has 1 aliphatic carbocycles. The molecule has 3 aromatic rings. The second-order valence-corrected chi connectivity index (χ2v) is 10.4. The zero-order chi connectivity index (χ0) is 23.2. The van der Waals surface area contributed by atoms with E-state index in [-0.39, 0.29) is 12.2 Å². The molecule has 0 bridgehead atoms. The molecule has 4 unspecified atom stereocenters. The van der Waals surface area contributed by atoms with Crippen molar-refractivity contribution in [1.82, 2.24) is 9.29 Å². The summed E-state index contributed by atoms with van der Waals surface area (Å²) in [6.07, 6.45) is 1.19. The number of halogens is 1. The van der Waals surface area contributed by atoms with Crippen molar-refractivity contribution in [2.75, 3.05) is 6.61 Å². The smallest absolute Gasteiger partial charge is 0.248 e. The largest absolute Gasteiger partial charge is 0.477 e. The van der Waals surface area contributed by atoms with Crippen LogP contribution in [0.15, 0.2) is 59.3 Å². The van der Waals surface area contributed by atoms with E-state index in [1.165, 1.54) is 15.6 Å². The minimum absolute atomic E-state index is 0.0327. The molecule has 0 radical (unpaired) electrons. The van der Waals surface area contributed by atoms with E-state index in [1.807, 2.05) is 29.0 Å². The fraction of sp³-hybridized carbons (Fsp3) is 0.320. The van der Waals surface area contributed by atoms with E-state index in [2.05, 4.69) is 19.7 Å². The van der Waals surface area contributed by atoms with Crippen molar-refractivity contribution in [1.29, 1.82) is 0 Å². The molecule has 8 heteroatoms. The number of rotatable bonds is 6. The van der Waals surface area contributed by atoms with Crippen molar-refractivity contribution in [3.8, 4) is 5.88 Å². The first-order chi connectivity index (χ1) is 15.9. The molecule has 2 aliphatic rings. The number of carbonyl (C=O) groups is 2. The van der Waals surface area contributed by atoms with Gasteiger partial charge in [-0.3, -0.25) is 13.9 Å². The van der Waals surface area contributed by atoms with Crippen LogP contribution in [-0.2, 0) is 15.1 Å². The van der Waals surface area contributed by atoms with Gasteiger partial charge in [-0.15, -0.1) is 0 Å². The number of thiophene rings is 1. The van der Waals surface area contributed by atoms with Gasteiger partial charge in [0.05, 0.1) is 12.3 Å². The van der Waals surface area contributed by atoms with E-state index in [4.69, 9.17) is 21.3 Å². The van der Waals surface area contributed by atoms with Gasteiger partial charge in [0.2, 0.25) is 11.8 Å². The molecular weight excluding hydrogens is 476 g/mol. The lowest BCUT2D eigenvalue weighted by Gasteiger charge is -2.45. The zero-order valence-corrected chi connectivity index (χ0v) is 20.4. The number of Topliss-reactive ketones (excluding diaryl/α,β-unsaturated/α-hetero) is 1. The summed E-state index contributed by atoms with van der Waals surface area (Å²) in [5, 5.41) is 4.24. The monoisotopic (exact) mass is 498 g/mol. The topological polar surface area (TPSA) is 59.5 Å². The minimum Gasteiger partial charge on any atom is -0.477 e. The third-order valence-electron chi connectivity index (χ3n) is 6.65. The predicted molar refractivity (Wildman–Crippen MR) is 132 cm³/mol. The Hall–Kier alpha value is -2.35. The number of pyridine rings is 1. The van der Waals surface area contributed by atoms with Crippen molar-refractivity contribution in [2.24, 2.45) is 11.8 Å². The molecule has 1 saturated carbocycles. The number of aromatic nitrogens is 1. The van der Waals surface area contributed by atoms with E-state index in [9.17, 15) is 9.59 Å². The van der Waals surface area contributed by atoms with E-state index in [1.54, 1.807) is 30.3 Å². The standard InChI is InChI=1S/C25H23ClN2O3S2/c1-15-11-16(15)13-31-22-8-4-7-21(27-22)25(17-9-10-33-14-17)12-20(29)23(24(30)28(25)32)18-5-2-3-6-19(18)26/h2-10,14-16,23,32H,11-13H2,1H3. The number of hydrogen-bond donors (Lipinski definition) is 1. The maximum Gasteiger partial charge on any atom is 0.248 e. The molecule has 5 rings (SSSR count). The van der Waals surface area contributed by atoms with Crippen LogP contribution in [0.4, 0.5) is 0 Å². The first-order valence-electron chi connectivity index (χ1n) is 10.8. The molecule has 2 fully saturated rings. The molecule has 1 saturated heterocycles. The van der Waals surface area contributed by atoms with Crippen LogP contribution in [0.2, 0.25) is 5.02 Å². The Morgan fingerprint density at radius 2 is 2.00 bits per heavy atom. The summed E-state index contributed by atoms with van der Waals surface area (Å²) in [6.45, 7) is 2.82. The van der Waals surface area contributed by atoms with Crippen LogP contribution in [0.3, 0.4) is 0 Å². The number of benzene rings is 1. The molecule has 1 aromatic carbocycles.